The van der Waals surface area contributed by atoms with E-state index in [0.29, 0.717) is 24.3 Å². The molecule has 0 bridgehead atoms. The molecule has 25 heavy (non-hydrogen) atoms. The van der Waals surface area contributed by atoms with Gasteiger partial charge in [-0.15, -0.1) is 13.2 Å². The number of aromatic hydroxyl groups is 1. The first-order chi connectivity index (χ1) is 12.0. The Morgan fingerprint density at radius 2 is 1.60 bits per heavy atom. The van der Waals surface area contributed by atoms with E-state index in [-0.39, 0.29) is 16.9 Å². The Bertz CT molecular complexity index is 802. The van der Waals surface area contributed by atoms with Gasteiger partial charge in [-0.3, -0.25) is 4.79 Å². The SMILES string of the molecule is C=CCN(CC=C)c1ccc(C(=O)O)c(C(=O)c2ccccc2)c1O. The number of ketones is 1. The van der Waals surface area contributed by atoms with Crippen LogP contribution in [0.3, 0.4) is 0 Å². The number of rotatable bonds is 8. The molecule has 5 nitrogen and oxygen atoms in total. The zero-order valence-electron chi connectivity index (χ0n) is 13.7. The number of anilines is 1. The van der Waals surface area contributed by atoms with Gasteiger partial charge in [-0.1, -0.05) is 42.5 Å². The molecule has 0 radical (unpaired) electrons. The number of hydrogen-bond acceptors (Lipinski definition) is 4. The van der Waals surface area contributed by atoms with E-state index in [1.54, 1.807) is 47.4 Å². The Labute approximate surface area is 146 Å². The average Bonchev–Trinajstić information content (AvgIpc) is 2.61. The van der Waals surface area contributed by atoms with E-state index in [4.69, 9.17) is 0 Å². The molecular formula is C20H19NO4. The molecule has 0 aromatic heterocycles. The summed E-state index contributed by atoms with van der Waals surface area (Å²) in [6.45, 7) is 8.16. The number of carbonyl (C=O) groups is 2. The number of benzene rings is 2. The fourth-order valence-corrected chi connectivity index (χ4v) is 2.56. The number of carbonyl (C=O) groups excluding carboxylic acids is 1. The zero-order chi connectivity index (χ0) is 18.4. The van der Waals surface area contributed by atoms with E-state index < -0.39 is 11.8 Å². The van der Waals surface area contributed by atoms with E-state index in [9.17, 15) is 19.8 Å². The Hall–Kier alpha value is -3.34. The van der Waals surface area contributed by atoms with Crippen molar-refractivity contribution in [1.29, 1.82) is 0 Å². The van der Waals surface area contributed by atoms with Crippen molar-refractivity contribution in [2.75, 3.05) is 18.0 Å². The number of phenolic OH excluding ortho intramolecular Hbond substituents is 1. The Balaban J connectivity index is 2.65. The molecule has 0 fully saturated rings. The highest BCUT2D eigenvalue weighted by molar-refractivity contribution is 6.16. The summed E-state index contributed by atoms with van der Waals surface area (Å²) < 4.78 is 0. The highest BCUT2D eigenvalue weighted by Gasteiger charge is 2.25. The van der Waals surface area contributed by atoms with Crippen LogP contribution < -0.4 is 4.90 Å². The molecule has 0 amide bonds. The van der Waals surface area contributed by atoms with Gasteiger partial charge in [0.25, 0.3) is 0 Å². The van der Waals surface area contributed by atoms with Crippen molar-refractivity contribution in [2.24, 2.45) is 0 Å². The van der Waals surface area contributed by atoms with E-state index >= 15 is 0 Å². The van der Waals surface area contributed by atoms with Crippen molar-refractivity contribution in [3.05, 3.63) is 84.5 Å². The molecule has 0 spiro atoms. The molecule has 128 valence electrons. The largest absolute Gasteiger partial charge is 0.505 e. The standard InChI is InChI=1S/C20H19NO4/c1-3-12-21(13-4-2)16-11-10-15(20(24)25)17(19(16)23)18(22)14-8-6-5-7-9-14/h3-11,23H,1-2,12-13H2,(H,24,25). The summed E-state index contributed by atoms with van der Waals surface area (Å²) in [5, 5.41) is 20.1. The first kappa shape index (κ1) is 18.0. The van der Waals surface area contributed by atoms with Gasteiger partial charge >= 0.3 is 5.97 Å². The molecule has 2 aromatic carbocycles. The third-order valence-electron chi connectivity index (χ3n) is 3.69. The van der Waals surface area contributed by atoms with Gasteiger partial charge in [0.2, 0.25) is 0 Å². The van der Waals surface area contributed by atoms with Gasteiger partial charge < -0.3 is 15.1 Å². The molecular weight excluding hydrogens is 318 g/mol. The van der Waals surface area contributed by atoms with Crippen LogP contribution in [0.15, 0.2) is 67.8 Å². The number of phenols is 1. The van der Waals surface area contributed by atoms with Crippen LogP contribution in [-0.4, -0.2) is 35.1 Å². The fourth-order valence-electron chi connectivity index (χ4n) is 2.56. The van der Waals surface area contributed by atoms with Crippen molar-refractivity contribution in [3.8, 4) is 5.75 Å². The maximum Gasteiger partial charge on any atom is 0.336 e. The minimum atomic E-state index is -1.28. The normalized spacial score (nSPS) is 10.1. The van der Waals surface area contributed by atoms with Gasteiger partial charge in [-0.05, 0) is 12.1 Å². The molecule has 2 aromatic rings. The topological polar surface area (TPSA) is 77.8 Å². The van der Waals surface area contributed by atoms with Crippen LogP contribution in [-0.2, 0) is 0 Å². The molecule has 0 saturated carbocycles. The second kappa shape index (κ2) is 7.97. The van der Waals surface area contributed by atoms with Gasteiger partial charge in [0.1, 0.15) is 0 Å². The summed E-state index contributed by atoms with van der Waals surface area (Å²) in [6, 6.07) is 11.1. The van der Waals surface area contributed by atoms with E-state index in [2.05, 4.69) is 13.2 Å². The number of hydrogen-bond donors (Lipinski definition) is 2. The minimum Gasteiger partial charge on any atom is -0.505 e. The monoisotopic (exact) mass is 337 g/mol. The third kappa shape index (κ3) is 3.77. The molecule has 2 rings (SSSR count). The quantitative estimate of drug-likeness (QED) is 0.569. The number of nitrogens with zero attached hydrogens (tertiary/aromatic N) is 1. The molecule has 0 aliphatic carbocycles. The Kier molecular flexibility index (Phi) is 5.74. The van der Waals surface area contributed by atoms with E-state index in [0.717, 1.165) is 0 Å². The second-order valence-electron chi connectivity index (χ2n) is 5.34. The number of carboxylic acid groups (broad SMARTS) is 1. The highest BCUT2D eigenvalue weighted by Crippen LogP contribution is 2.35. The molecule has 2 N–H and O–H groups in total. The Morgan fingerprint density at radius 1 is 1.00 bits per heavy atom. The lowest BCUT2D eigenvalue weighted by Gasteiger charge is -2.24. The Morgan fingerprint density at radius 3 is 2.12 bits per heavy atom. The molecule has 0 aliphatic heterocycles. The smallest absolute Gasteiger partial charge is 0.336 e. The van der Waals surface area contributed by atoms with Crippen molar-refractivity contribution in [2.45, 2.75) is 0 Å². The van der Waals surface area contributed by atoms with Crippen LogP contribution in [0.2, 0.25) is 0 Å². The maximum atomic E-state index is 12.8. The molecule has 0 atom stereocenters. The summed E-state index contributed by atoms with van der Waals surface area (Å²) in [4.78, 5) is 26.1. The molecule has 5 heteroatoms. The van der Waals surface area contributed by atoms with E-state index in [1.807, 2.05) is 0 Å². The predicted octanol–water partition coefficient (Wildman–Crippen LogP) is 3.50. The summed E-state index contributed by atoms with van der Waals surface area (Å²) in [5.74, 6) is -2.19. The van der Waals surface area contributed by atoms with Crippen LogP contribution in [0.1, 0.15) is 26.3 Å². The van der Waals surface area contributed by atoms with Crippen molar-refractivity contribution in [3.63, 3.8) is 0 Å². The van der Waals surface area contributed by atoms with Crippen LogP contribution in [0, 0.1) is 0 Å². The maximum absolute atomic E-state index is 12.8. The zero-order valence-corrected chi connectivity index (χ0v) is 13.7. The second-order valence-corrected chi connectivity index (χ2v) is 5.34. The first-order valence-electron chi connectivity index (χ1n) is 7.67. The molecule has 0 heterocycles. The van der Waals surface area contributed by atoms with Crippen LogP contribution >= 0.6 is 0 Å². The number of carboxylic acids is 1. The van der Waals surface area contributed by atoms with Gasteiger partial charge in [0.05, 0.1) is 16.8 Å². The van der Waals surface area contributed by atoms with Crippen molar-refractivity contribution in [1.82, 2.24) is 0 Å². The summed E-state index contributed by atoms with van der Waals surface area (Å²) in [6.07, 6.45) is 3.29. The third-order valence-corrected chi connectivity index (χ3v) is 3.69. The summed E-state index contributed by atoms with van der Waals surface area (Å²) in [7, 11) is 0. The van der Waals surface area contributed by atoms with Gasteiger partial charge in [0.15, 0.2) is 11.5 Å². The average molecular weight is 337 g/mol. The van der Waals surface area contributed by atoms with Gasteiger partial charge in [0, 0.05) is 18.7 Å². The molecule has 0 saturated heterocycles. The minimum absolute atomic E-state index is 0.227. The number of aromatic carboxylic acids is 1. The van der Waals surface area contributed by atoms with E-state index in [1.165, 1.54) is 12.1 Å². The van der Waals surface area contributed by atoms with Gasteiger partial charge in [-0.2, -0.15) is 0 Å². The summed E-state index contributed by atoms with van der Waals surface area (Å²) >= 11 is 0. The lowest BCUT2D eigenvalue weighted by Crippen LogP contribution is -2.24. The first-order valence-corrected chi connectivity index (χ1v) is 7.67. The highest BCUT2D eigenvalue weighted by atomic mass is 16.4. The molecule has 0 unspecified atom stereocenters. The lowest BCUT2D eigenvalue weighted by molar-refractivity contribution is 0.0692. The fraction of sp³-hybridized carbons (Fsp3) is 0.100. The van der Waals surface area contributed by atoms with Crippen molar-refractivity contribution >= 4 is 17.4 Å². The summed E-state index contributed by atoms with van der Waals surface area (Å²) in [5.41, 5.74) is 0.183. The van der Waals surface area contributed by atoms with Gasteiger partial charge in [-0.25, -0.2) is 4.79 Å². The predicted molar refractivity (Wildman–Crippen MR) is 97.5 cm³/mol. The van der Waals surface area contributed by atoms with Crippen molar-refractivity contribution < 1.29 is 19.8 Å². The molecule has 0 aliphatic rings. The van der Waals surface area contributed by atoms with Crippen LogP contribution in [0.4, 0.5) is 5.69 Å². The van der Waals surface area contributed by atoms with Crippen LogP contribution in [0.25, 0.3) is 0 Å². The van der Waals surface area contributed by atoms with Crippen LogP contribution in [0.5, 0.6) is 5.75 Å². The lowest BCUT2D eigenvalue weighted by atomic mass is 9.96.